The Balaban J connectivity index is 1.72. The molecule has 2 heterocycles. The standard InChI is InChI=1S/C29H33N3O6S/c1-19-8-4-5-10-22(19)32(26(33)18-31-28(34)25-11-7-15-39-25)27(29(35)30-17-21-9-6-14-38-21)20-12-13-23(36-2)24(16-20)37-3/h4-5,7-8,10-13,15-16,21,27H,6,9,14,17-18H2,1-3H3,(H,30,35)(H,31,34)/t21-,27+/m0/s1. The first-order valence-corrected chi connectivity index (χ1v) is 13.6. The van der Waals surface area contributed by atoms with Gasteiger partial charge in [0.05, 0.1) is 31.7 Å². The minimum Gasteiger partial charge on any atom is -0.493 e. The number of ether oxygens (including phenoxy) is 3. The lowest BCUT2D eigenvalue weighted by Crippen LogP contribution is -2.48. The molecule has 0 radical (unpaired) electrons. The first-order valence-electron chi connectivity index (χ1n) is 12.7. The lowest BCUT2D eigenvalue weighted by molar-refractivity contribution is -0.126. The van der Waals surface area contributed by atoms with Gasteiger partial charge in [-0.3, -0.25) is 19.3 Å². The topological polar surface area (TPSA) is 106 Å². The summed E-state index contributed by atoms with van der Waals surface area (Å²) >= 11 is 1.29. The van der Waals surface area contributed by atoms with Crippen molar-refractivity contribution in [1.82, 2.24) is 10.6 Å². The van der Waals surface area contributed by atoms with Crippen LogP contribution in [0.2, 0.25) is 0 Å². The highest BCUT2D eigenvalue weighted by Crippen LogP contribution is 2.35. The molecule has 3 aromatic rings. The van der Waals surface area contributed by atoms with Crippen LogP contribution >= 0.6 is 11.3 Å². The Hall–Kier alpha value is -3.89. The van der Waals surface area contributed by atoms with Crippen molar-refractivity contribution in [3.63, 3.8) is 0 Å². The first-order chi connectivity index (χ1) is 18.9. The SMILES string of the molecule is COc1ccc([C@H](C(=O)NC[C@@H]2CCCO2)N(C(=O)CNC(=O)c2cccs2)c2ccccc2C)cc1OC. The molecule has 1 fully saturated rings. The molecule has 1 aromatic heterocycles. The summed E-state index contributed by atoms with van der Waals surface area (Å²) in [5, 5.41) is 7.48. The Morgan fingerprint density at radius 3 is 2.51 bits per heavy atom. The van der Waals surface area contributed by atoms with Crippen LogP contribution in [-0.2, 0) is 14.3 Å². The van der Waals surface area contributed by atoms with Gasteiger partial charge in [0.2, 0.25) is 11.8 Å². The van der Waals surface area contributed by atoms with E-state index in [-0.39, 0.29) is 24.5 Å². The van der Waals surface area contributed by atoms with Gasteiger partial charge in [0.15, 0.2) is 11.5 Å². The first kappa shape index (κ1) is 28.1. The van der Waals surface area contributed by atoms with Gasteiger partial charge in [0.25, 0.3) is 5.91 Å². The summed E-state index contributed by atoms with van der Waals surface area (Å²) in [6.07, 6.45) is 1.72. The highest BCUT2D eigenvalue weighted by atomic mass is 32.1. The zero-order valence-corrected chi connectivity index (χ0v) is 23.1. The summed E-state index contributed by atoms with van der Waals surface area (Å²) in [4.78, 5) is 42.3. The zero-order valence-electron chi connectivity index (χ0n) is 22.3. The lowest BCUT2D eigenvalue weighted by atomic mass is 10.0. The van der Waals surface area contributed by atoms with Gasteiger partial charge in [0, 0.05) is 18.8 Å². The van der Waals surface area contributed by atoms with E-state index in [9.17, 15) is 14.4 Å². The van der Waals surface area contributed by atoms with Crippen molar-refractivity contribution < 1.29 is 28.6 Å². The number of thiophene rings is 1. The zero-order chi connectivity index (χ0) is 27.8. The van der Waals surface area contributed by atoms with Crippen LogP contribution < -0.4 is 25.0 Å². The number of anilines is 1. The lowest BCUT2D eigenvalue weighted by Gasteiger charge is -2.33. The number of hydrogen-bond donors (Lipinski definition) is 2. The van der Waals surface area contributed by atoms with E-state index in [1.807, 2.05) is 25.1 Å². The van der Waals surface area contributed by atoms with E-state index in [2.05, 4.69) is 10.6 Å². The Labute approximate surface area is 232 Å². The maximum atomic E-state index is 13.9. The summed E-state index contributed by atoms with van der Waals surface area (Å²) < 4.78 is 16.6. The molecular weight excluding hydrogens is 518 g/mol. The second-order valence-electron chi connectivity index (χ2n) is 9.11. The average molecular weight is 552 g/mol. The van der Waals surface area contributed by atoms with Crippen molar-refractivity contribution in [3.8, 4) is 11.5 Å². The molecule has 0 saturated carbocycles. The van der Waals surface area contributed by atoms with Gasteiger partial charge in [-0.2, -0.15) is 0 Å². The number of nitrogens with zero attached hydrogens (tertiary/aromatic N) is 1. The molecule has 9 nitrogen and oxygen atoms in total. The number of rotatable bonds is 11. The summed E-state index contributed by atoms with van der Waals surface area (Å²) in [5.74, 6) is -0.249. The maximum Gasteiger partial charge on any atom is 0.261 e. The van der Waals surface area contributed by atoms with E-state index in [0.717, 1.165) is 18.4 Å². The average Bonchev–Trinajstić information content (AvgIpc) is 3.68. The fraction of sp³-hybridized carbons (Fsp3) is 0.345. The number of nitrogens with one attached hydrogen (secondary N) is 2. The summed E-state index contributed by atoms with van der Waals surface area (Å²) in [6.45, 7) is 2.56. The summed E-state index contributed by atoms with van der Waals surface area (Å²) in [7, 11) is 3.04. The molecule has 0 spiro atoms. The molecule has 1 saturated heterocycles. The highest BCUT2D eigenvalue weighted by molar-refractivity contribution is 7.12. The monoisotopic (exact) mass is 551 g/mol. The van der Waals surface area contributed by atoms with Gasteiger partial charge in [-0.15, -0.1) is 11.3 Å². The van der Waals surface area contributed by atoms with Gasteiger partial charge < -0.3 is 24.8 Å². The van der Waals surface area contributed by atoms with E-state index >= 15 is 0 Å². The molecule has 2 aromatic carbocycles. The molecule has 4 rings (SSSR count). The smallest absolute Gasteiger partial charge is 0.261 e. The third-order valence-electron chi connectivity index (χ3n) is 6.55. The Morgan fingerprint density at radius 1 is 1.05 bits per heavy atom. The van der Waals surface area contributed by atoms with Crippen LogP contribution in [0.25, 0.3) is 0 Å². The van der Waals surface area contributed by atoms with Gasteiger partial charge in [0.1, 0.15) is 6.04 Å². The van der Waals surface area contributed by atoms with E-state index in [1.165, 1.54) is 30.5 Å². The predicted octanol–water partition coefficient (Wildman–Crippen LogP) is 3.87. The molecule has 206 valence electrons. The molecule has 10 heteroatoms. The third kappa shape index (κ3) is 6.76. The fourth-order valence-corrected chi connectivity index (χ4v) is 5.18. The van der Waals surface area contributed by atoms with Crippen molar-refractivity contribution in [2.75, 3.05) is 38.8 Å². The molecule has 39 heavy (non-hydrogen) atoms. The van der Waals surface area contributed by atoms with Gasteiger partial charge >= 0.3 is 0 Å². The molecule has 3 amide bonds. The number of para-hydroxylation sites is 1. The van der Waals surface area contributed by atoms with Crippen LogP contribution in [-0.4, -0.2) is 57.7 Å². The summed E-state index contributed by atoms with van der Waals surface area (Å²) in [5.41, 5.74) is 1.88. The van der Waals surface area contributed by atoms with Crippen LogP contribution in [0, 0.1) is 6.92 Å². The van der Waals surface area contributed by atoms with Crippen LogP contribution in [0.3, 0.4) is 0 Å². The Kier molecular flexibility index (Phi) is 9.56. The predicted molar refractivity (Wildman–Crippen MR) is 150 cm³/mol. The second kappa shape index (κ2) is 13.3. The van der Waals surface area contributed by atoms with Crippen LogP contribution in [0.4, 0.5) is 5.69 Å². The number of carbonyl (C=O) groups is 3. The van der Waals surface area contributed by atoms with Crippen LogP contribution in [0.15, 0.2) is 60.0 Å². The normalized spacial score (nSPS) is 15.3. The largest absolute Gasteiger partial charge is 0.493 e. The number of benzene rings is 2. The molecule has 0 aliphatic carbocycles. The maximum absolute atomic E-state index is 13.9. The quantitative estimate of drug-likeness (QED) is 0.375. The van der Waals surface area contributed by atoms with Gasteiger partial charge in [-0.05, 0) is 60.5 Å². The molecule has 2 atom stereocenters. The number of methoxy groups -OCH3 is 2. The molecule has 1 aliphatic heterocycles. The second-order valence-corrected chi connectivity index (χ2v) is 10.1. The van der Waals surface area contributed by atoms with E-state index < -0.39 is 11.9 Å². The third-order valence-corrected chi connectivity index (χ3v) is 7.42. The van der Waals surface area contributed by atoms with Gasteiger partial charge in [-0.1, -0.05) is 30.3 Å². The summed E-state index contributed by atoms with van der Waals surface area (Å²) in [6, 6.07) is 14.9. The van der Waals surface area contributed by atoms with Crippen molar-refractivity contribution >= 4 is 34.7 Å². The molecule has 1 aliphatic rings. The van der Waals surface area contributed by atoms with Crippen molar-refractivity contribution in [2.24, 2.45) is 0 Å². The van der Waals surface area contributed by atoms with Crippen molar-refractivity contribution in [3.05, 3.63) is 76.0 Å². The molecular formula is C29H33N3O6S. The van der Waals surface area contributed by atoms with E-state index in [1.54, 1.807) is 41.8 Å². The number of carbonyl (C=O) groups excluding carboxylic acids is 3. The Morgan fingerprint density at radius 2 is 1.85 bits per heavy atom. The molecule has 0 bridgehead atoms. The number of amides is 3. The van der Waals surface area contributed by atoms with Crippen LogP contribution in [0.1, 0.15) is 39.7 Å². The minimum atomic E-state index is -1.06. The van der Waals surface area contributed by atoms with Gasteiger partial charge in [-0.25, -0.2) is 0 Å². The van der Waals surface area contributed by atoms with E-state index in [4.69, 9.17) is 14.2 Å². The fourth-order valence-electron chi connectivity index (χ4n) is 4.54. The highest BCUT2D eigenvalue weighted by Gasteiger charge is 2.35. The number of hydrogen-bond acceptors (Lipinski definition) is 7. The number of aryl methyl sites for hydroxylation is 1. The van der Waals surface area contributed by atoms with Crippen molar-refractivity contribution in [2.45, 2.75) is 31.9 Å². The molecule has 2 N–H and O–H groups in total. The minimum absolute atomic E-state index is 0.0762. The Bertz CT molecular complexity index is 1290. The van der Waals surface area contributed by atoms with Crippen molar-refractivity contribution in [1.29, 1.82) is 0 Å². The van der Waals surface area contributed by atoms with Crippen LogP contribution in [0.5, 0.6) is 11.5 Å². The molecule has 0 unspecified atom stereocenters. The van der Waals surface area contributed by atoms with E-state index in [0.29, 0.717) is 40.8 Å².